The van der Waals surface area contributed by atoms with Gasteiger partial charge in [-0.2, -0.15) is 0 Å². The first-order valence-corrected chi connectivity index (χ1v) is 11.7. The molecule has 0 aliphatic carbocycles. The van der Waals surface area contributed by atoms with Gasteiger partial charge in [0.15, 0.2) is 0 Å². The highest BCUT2D eigenvalue weighted by atomic mass is 16.5. The average Bonchev–Trinajstić information content (AvgIpc) is 3.18. The summed E-state index contributed by atoms with van der Waals surface area (Å²) in [7, 11) is 4.01. The Balaban J connectivity index is 1.67. The van der Waals surface area contributed by atoms with E-state index in [9.17, 15) is 9.59 Å². The van der Waals surface area contributed by atoms with Gasteiger partial charge < -0.3 is 20.3 Å². The molecule has 2 N–H and O–H groups in total. The lowest BCUT2D eigenvalue weighted by molar-refractivity contribution is -0.115. The van der Waals surface area contributed by atoms with Crippen molar-refractivity contribution in [2.24, 2.45) is 4.99 Å². The van der Waals surface area contributed by atoms with Crippen molar-refractivity contribution in [3.8, 4) is 5.75 Å². The number of rotatable bonds is 9. The zero-order chi connectivity index (χ0) is 24.8. The maximum atomic E-state index is 13.2. The highest BCUT2D eigenvalue weighted by molar-refractivity contribution is 6.24. The molecular formula is C28H30N4O3. The minimum Gasteiger partial charge on any atom is -0.492 e. The normalized spacial score (nSPS) is 15.0. The summed E-state index contributed by atoms with van der Waals surface area (Å²) in [6.07, 6.45) is 0. The van der Waals surface area contributed by atoms with Crippen LogP contribution in [-0.2, 0) is 4.79 Å². The molecule has 3 aromatic rings. The van der Waals surface area contributed by atoms with E-state index in [1.54, 1.807) is 12.1 Å². The van der Waals surface area contributed by atoms with Crippen molar-refractivity contribution in [1.29, 1.82) is 0 Å². The van der Waals surface area contributed by atoms with Gasteiger partial charge >= 0.3 is 0 Å². The van der Waals surface area contributed by atoms with Crippen LogP contribution in [0.5, 0.6) is 5.75 Å². The van der Waals surface area contributed by atoms with Gasteiger partial charge in [-0.15, -0.1) is 0 Å². The third-order valence-corrected chi connectivity index (χ3v) is 5.72. The second kappa shape index (κ2) is 11.0. The topological polar surface area (TPSA) is 83.0 Å². The predicted molar refractivity (Wildman–Crippen MR) is 139 cm³/mol. The van der Waals surface area contributed by atoms with Gasteiger partial charge in [-0.05, 0) is 68.5 Å². The summed E-state index contributed by atoms with van der Waals surface area (Å²) < 4.78 is 5.79. The van der Waals surface area contributed by atoms with Crippen LogP contribution in [0.4, 0.5) is 11.4 Å². The zero-order valence-electron chi connectivity index (χ0n) is 20.2. The van der Waals surface area contributed by atoms with Crippen LogP contribution in [-0.4, -0.2) is 56.2 Å². The molecule has 1 heterocycles. The first-order valence-electron chi connectivity index (χ1n) is 11.7. The number of carbonyl (C=O) groups is 2. The van der Waals surface area contributed by atoms with Gasteiger partial charge in [-0.3, -0.25) is 14.6 Å². The predicted octanol–water partition coefficient (Wildman–Crippen LogP) is 4.23. The van der Waals surface area contributed by atoms with Gasteiger partial charge in [-0.1, -0.05) is 36.4 Å². The molecule has 0 saturated carbocycles. The number of nitrogens with zero attached hydrogens (tertiary/aromatic N) is 2. The Morgan fingerprint density at radius 2 is 1.77 bits per heavy atom. The molecule has 1 unspecified atom stereocenters. The summed E-state index contributed by atoms with van der Waals surface area (Å²) in [6, 6.07) is 22.6. The molecule has 180 valence electrons. The van der Waals surface area contributed by atoms with E-state index in [0.717, 1.165) is 29.1 Å². The highest BCUT2D eigenvalue weighted by Gasteiger charge is 2.35. The number of likely N-dealkylation sites (N-methyl/N-ethyl adjacent to an activating group) is 1. The fourth-order valence-electron chi connectivity index (χ4n) is 3.94. The molecule has 7 heteroatoms. The lowest BCUT2D eigenvalue weighted by Crippen LogP contribution is -2.22. The molecule has 0 spiro atoms. The molecule has 35 heavy (non-hydrogen) atoms. The van der Waals surface area contributed by atoms with Gasteiger partial charge in [0.2, 0.25) is 5.91 Å². The molecule has 4 rings (SSSR count). The number of fused-ring (bicyclic) bond motifs is 1. The Morgan fingerprint density at radius 1 is 1.03 bits per heavy atom. The number of benzene rings is 3. The Bertz CT molecular complexity index is 1220. The fourth-order valence-corrected chi connectivity index (χ4v) is 3.94. The molecule has 0 bridgehead atoms. The molecular weight excluding hydrogens is 440 g/mol. The van der Waals surface area contributed by atoms with Gasteiger partial charge in [0.1, 0.15) is 18.3 Å². The third-order valence-electron chi connectivity index (χ3n) is 5.72. The smallest absolute Gasteiger partial charge is 0.251 e. The Kier molecular flexibility index (Phi) is 7.57. The standard InChI is InChI=1S/C28H30N4O3/c1-4-29-27(33)20-10-15-23-24(18-20)31-28(34)25(23)26(19-8-6-5-7-9-19)30-21-11-13-22(14-12-21)35-17-16-32(2)3/h5-15,18,25H,4,16-17H2,1-3H3,(H,29,33)(H,31,34). The fraction of sp³-hybridized carbons (Fsp3) is 0.250. The lowest BCUT2D eigenvalue weighted by Gasteiger charge is -2.14. The number of hydrogen-bond donors (Lipinski definition) is 2. The van der Waals surface area contributed by atoms with Crippen LogP contribution in [0.25, 0.3) is 0 Å². The molecule has 0 saturated heterocycles. The maximum absolute atomic E-state index is 13.2. The summed E-state index contributed by atoms with van der Waals surface area (Å²) in [4.78, 5) is 32.4. The molecule has 1 aliphatic heterocycles. The molecule has 0 radical (unpaired) electrons. The van der Waals surface area contributed by atoms with Crippen molar-refractivity contribution in [2.45, 2.75) is 12.8 Å². The summed E-state index contributed by atoms with van der Waals surface area (Å²) >= 11 is 0. The number of anilines is 1. The quantitative estimate of drug-likeness (QED) is 0.459. The molecule has 7 nitrogen and oxygen atoms in total. The molecule has 1 atom stereocenters. The van der Waals surface area contributed by atoms with Crippen molar-refractivity contribution in [3.05, 3.63) is 89.5 Å². The van der Waals surface area contributed by atoms with Gasteiger partial charge in [0.05, 0.1) is 11.4 Å². The van der Waals surface area contributed by atoms with E-state index in [4.69, 9.17) is 9.73 Å². The maximum Gasteiger partial charge on any atom is 0.251 e. The van der Waals surface area contributed by atoms with Crippen LogP contribution in [0.1, 0.15) is 34.3 Å². The number of aliphatic imine (C=N–C) groups is 1. The van der Waals surface area contributed by atoms with Gasteiger partial charge in [-0.25, -0.2) is 0 Å². The molecule has 0 aromatic heterocycles. The van der Waals surface area contributed by atoms with Crippen molar-refractivity contribution in [1.82, 2.24) is 10.2 Å². The third kappa shape index (κ3) is 5.75. The molecule has 0 fully saturated rings. The highest BCUT2D eigenvalue weighted by Crippen LogP contribution is 2.37. The monoisotopic (exact) mass is 470 g/mol. The number of amides is 2. The molecule has 1 aliphatic rings. The first kappa shape index (κ1) is 24.2. The average molecular weight is 471 g/mol. The first-order chi connectivity index (χ1) is 17.0. The van der Waals surface area contributed by atoms with E-state index in [-0.39, 0.29) is 11.8 Å². The minimum atomic E-state index is -0.591. The number of nitrogens with one attached hydrogen (secondary N) is 2. The Labute approximate surface area is 205 Å². The number of ether oxygens (including phenoxy) is 1. The van der Waals surface area contributed by atoms with Crippen LogP contribution >= 0.6 is 0 Å². The van der Waals surface area contributed by atoms with Gasteiger partial charge in [0.25, 0.3) is 5.91 Å². The summed E-state index contributed by atoms with van der Waals surface area (Å²) in [6.45, 7) is 3.83. The summed E-state index contributed by atoms with van der Waals surface area (Å²) in [5.41, 5.74) is 4.18. The molecule has 3 aromatic carbocycles. The van der Waals surface area contributed by atoms with Crippen LogP contribution in [0.15, 0.2) is 77.8 Å². The Hall–Kier alpha value is -3.97. The molecule has 2 amide bonds. The van der Waals surface area contributed by atoms with Gasteiger partial charge in [0, 0.05) is 24.3 Å². The second-order valence-electron chi connectivity index (χ2n) is 8.59. The number of carbonyl (C=O) groups excluding carboxylic acids is 2. The zero-order valence-corrected chi connectivity index (χ0v) is 20.2. The lowest BCUT2D eigenvalue weighted by atomic mass is 9.90. The van der Waals surface area contributed by atoms with E-state index in [1.807, 2.05) is 81.7 Å². The van der Waals surface area contributed by atoms with E-state index >= 15 is 0 Å². The van der Waals surface area contributed by atoms with Crippen molar-refractivity contribution in [2.75, 3.05) is 39.1 Å². The minimum absolute atomic E-state index is 0.167. The Morgan fingerprint density at radius 3 is 2.46 bits per heavy atom. The van der Waals surface area contributed by atoms with E-state index in [0.29, 0.717) is 30.1 Å². The SMILES string of the molecule is CCNC(=O)c1ccc2c(c1)NC(=O)C2C(=Nc1ccc(OCCN(C)C)cc1)c1ccccc1. The van der Waals surface area contributed by atoms with Crippen molar-refractivity contribution < 1.29 is 14.3 Å². The van der Waals surface area contributed by atoms with E-state index < -0.39 is 5.92 Å². The summed E-state index contributed by atoms with van der Waals surface area (Å²) in [5.74, 6) is -0.155. The largest absolute Gasteiger partial charge is 0.492 e. The van der Waals surface area contributed by atoms with E-state index in [2.05, 4.69) is 15.5 Å². The van der Waals surface area contributed by atoms with Crippen molar-refractivity contribution >= 4 is 28.9 Å². The van der Waals surface area contributed by atoms with Crippen molar-refractivity contribution in [3.63, 3.8) is 0 Å². The van der Waals surface area contributed by atoms with Crippen LogP contribution in [0, 0.1) is 0 Å². The summed E-state index contributed by atoms with van der Waals surface area (Å²) in [5, 5.41) is 5.73. The number of hydrogen-bond acceptors (Lipinski definition) is 5. The second-order valence-corrected chi connectivity index (χ2v) is 8.59. The van der Waals surface area contributed by atoms with E-state index in [1.165, 1.54) is 0 Å². The van der Waals surface area contributed by atoms with Crippen LogP contribution < -0.4 is 15.4 Å². The van der Waals surface area contributed by atoms with Crippen LogP contribution in [0.3, 0.4) is 0 Å². The van der Waals surface area contributed by atoms with Crippen LogP contribution in [0.2, 0.25) is 0 Å².